The molecule has 0 aliphatic rings. The molecule has 27 heavy (non-hydrogen) atoms. The minimum Gasteiger partial charge on any atom is -0.478 e. The molecule has 1 unspecified atom stereocenters. The van der Waals surface area contributed by atoms with Crippen molar-refractivity contribution in [2.24, 2.45) is 0 Å². The summed E-state index contributed by atoms with van der Waals surface area (Å²) in [5.41, 5.74) is 1.88. The van der Waals surface area contributed by atoms with Gasteiger partial charge in [-0.2, -0.15) is 0 Å². The number of benzene rings is 2. The van der Waals surface area contributed by atoms with Gasteiger partial charge in [0.2, 0.25) is 5.91 Å². The van der Waals surface area contributed by atoms with Crippen molar-refractivity contribution in [2.45, 2.75) is 32.4 Å². The maximum atomic E-state index is 12.2. The fraction of sp³-hybridized carbons (Fsp3) is 0.250. The highest BCUT2D eigenvalue weighted by atomic mass is 16.4. The topological polar surface area (TPSA) is 116 Å². The predicted molar refractivity (Wildman–Crippen MR) is 101 cm³/mol. The molecular weight excluding hydrogens is 348 g/mol. The van der Waals surface area contributed by atoms with Crippen LogP contribution in [0.5, 0.6) is 0 Å². The summed E-state index contributed by atoms with van der Waals surface area (Å²) in [6.07, 6.45) is 1.02. The molecule has 0 saturated carbocycles. The number of aromatic carboxylic acids is 2. The first-order chi connectivity index (χ1) is 12.9. The van der Waals surface area contributed by atoms with E-state index in [9.17, 15) is 14.4 Å². The smallest absolute Gasteiger partial charge is 0.335 e. The number of hydrogen-bond acceptors (Lipinski definition) is 4. The van der Waals surface area contributed by atoms with Crippen molar-refractivity contribution in [2.75, 3.05) is 5.32 Å². The third-order valence-electron chi connectivity index (χ3n) is 4.14. The van der Waals surface area contributed by atoms with E-state index in [-0.39, 0.29) is 29.5 Å². The predicted octanol–water partition coefficient (Wildman–Crippen LogP) is 2.98. The van der Waals surface area contributed by atoms with Crippen LogP contribution >= 0.6 is 0 Å². The molecule has 0 saturated heterocycles. The van der Waals surface area contributed by atoms with Gasteiger partial charge in [-0.3, -0.25) is 4.79 Å². The van der Waals surface area contributed by atoms with E-state index in [4.69, 9.17) is 10.2 Å². The maximum absolute atomic E-state index is 12.2. The van der Waals surface area contributed by atoms with Crippen LogP contribution in [-0.2, 0) is 11.3 Å². The van der Waals surface area contributed by atoms with Gasteiger partial charge < -0.3 is 20.8 Å². The average Bonchev–Trinajstić information content (AvgIpc) is 2.65. The van der Waals surface area contributed by atoms with Crippen molar-refractivity contribution < 1.29 is 24.6 Å². The van der Waals surface area contributed by atoms with Gasteiger partial charge in [-0.25, -0.2) is 9.59 Å². The number of nitrogens with one attached hydrogen (secondary N) is 2. The summed E-state index contributed by atoms with van der Waals surface area (Å²) in [5, 5.41) is 23.8. The van der Waals surface area contributed by atoms with E-state index in [0.717, 1.165) is 12.0 Å². The molecule has 0 radical (unpaired) electrons. The molecule has 1 atom stereocenters. The molecule has 0 aliphatic carbocycles. The Balaban J connectivity index is 1.85. The van der Waals surface area contributed by atoms with Crippen LogP contribution in [0.2, 0.25) is 0 Å². The summed E-state index contributed by atoms with van der Waals surface area (Å²) in [4.78, 5) is 33.9. The molecule has 2 rings (SSSR count). The summed E-state index contributed by atoms with van der Waals surface area (Å²) in [5.74, 6) is -2.15. The number of carbonyl (C=O) groups excluding carboxylic acids is 1. The van der Waals surface area contributed by atoms with Gasteiger partial charge in [0.25, 0.3) is 0 Å². The Hall–Kier alpha value is -3.19. The summed E-state index contributed by atoms with van der Waals surface area (Å²) in [6.45, 7) is 2.50. The van der Waals surface area contributed by atoms with Crippen LogP contribution in [0.4, 0.5) is 5.69 Å². The third kappa shape index (κ3) is 6.23. The van der Waals surface area contributed by atoms with Crippen molar-refractivity contribution in [3.8, 4) is 0 Å². The lowest BCUT2D eigenvalue weighted by Gasteiger charge is -2.17. The van der Waals surface area contributed by atoms with Gasteiger partial charge in [0.15, 0.2) is 0 Å². The lowest BCUT2D eigenvalue weighted by Crippen LogP contribution is -2.32. The first kappa shape index (κ1) is 20.1. The number of carbonyl (C=O) groups is 3. The standard InChI is InChI=1S/C20H22N2O5/c1-2-16(21-12-13-3-5-14(6-4-13)19(24)25)11-18(23)22-17-9-7-15(8-10-17)20(26)27/h3-10,16,21H,2,11-12H2,1H3,(H,22,23)(H,24,25)(H,26,27). The van der Waals surface area contributed by atoms with E-state index in [0.29, 0.717) is 12.2 Å². The molecule has 4 N–H and O–H groups in total. The van der Waals surface area contributed by atoms with Crippen LogP contribution in [-0.4, -0.2) is 34.1 Å². The highest BCUT2D eigenvalue weighted by Crippen LogP contribution is 2.11. The second-order valence-electron chi connectivity index (χ2n) is 6.12. The van der Waals surface area contributed by atoms with Crippen LogP contribution in [0, 0.1) is 0 Å². The summed E-state index contributed by atoms with van der Waals surface area (Å²) >= 11 is 0. The lowest BCUT2D eigenvalue weighted by molar-refractivity contribution is -0.116. The molecule has 142 valence electrons. The highest BCUT2D eigenvalue weighted by Gasteiger charge is 2.12. The quantitative estimate of drug-likeness (QED) is 0.539. The Morgan fingerprint density at radius 1 is 0.889 bits per heavy atom. The number of hydrogen-bond donors (Lipinski definition) is 4. The summed E-state index contributed by atoms with van der Waals surface area (Å²) < 4.78 is 0. The maximum Gasteiger partial charge on any atom is 0.335 e. The zero-order valence-corrected chi connectivity index (χ0v) is 14.9. The van der Waals surface area contributed by atoms with E-state index in [1.807, 2.05) is 6.92 Å². The van der Waals surface area contributed by atoms with Crippen molar-refractivity contribution in [1.82, 2.24) is 5.32 Å². The van der Waals surface area contributed by atoms with Gasteiger partial charge >= 0.3 is 11.9 Å². The Morgan fingerprint density at radius 2 is 1.41 bits per heavy atom. The van der Waals surface area contributed by atoms with Gasteiger partial charge in [-0.15, -0.1) is 0 Å². The first-order valence-corrected chi connectivity index (χ1v) is 8.58. The van der Waals surface area contributed by atoms with Gasteiger partial charge in [0.05, 0.1) is 11.1 Å². The fourth-order valence-corrected chi connectivity index (χ4v) is 2.52. The Bertz CT molecular complexity index is 800. The second-order valence-corrected chi connectivity index (χ2v) is 6.12. The number of carboxylic acids is 2. The van der Waals surface area contributed by atoms with Crippen LogP contribution in [0.25, 0.3) is 0 Å². The van der Waals surface area contributed by atoms with Crippen LogP contribution in [0.1, 0.15) is 46.0 Å². The van der Waals surface area contributed by atoms with Gasteiger partial charge in [-0.1, -0.05) is 19.1 Å². The van der Waals surface area contributed by atoms with Crippen LogP contribution in [0.3, 0.4) is 0 Å². The molecule has 0 fully saturated rings. The van der Waals surface area contributed by atoms with Crippen molar-refractivity contribution >= 4 is 23.5 Å². The third-order valence-corrected chi connectivity index (χ3v) is 4.14. The SMILES string of the molecule is CCC(CC(=O)Nc1ccc(C(=O)O)cc1)NCc1ccc(C(=O)O)cc1. The molecule has 1 amide bonds. The fourth-order valence-electron chi connectivity index (χ4n) is 2.52. The van der Waals surface area contributed by atoms with Gasteiger partial charge in [0, 0.05) is 24.7 Å². The first-order valence-electron chi connectivity index (χ1n) is 8.58. The van der Waals surface area contributed by atoms with Crippen molar-refractivity contribution in [3.63, 3.8) is 0 Å². The van der Waals surface area contributed by atoms with Gasteiger partial charge in [0.1, 0.15) is 0 Å². The molecule has 0 heterocycles. The van der Waals surface area contributed by atoms with Crippen molar-refractivity contribution in [3.05, 3.63) is 65.2 Å². The molecule has 0 spiro atoms. The van der Waals surface area contributed by atoms with E-state index >= 15 is 0 Å². The Morgan fingerprint density at radius 3 is 1.89 bits per heavy atom. The molecule has 0 aromatic heterocycles. The van der Waals surface area contributed by atoms with Crippen LogP contribution < -0.4 is 10.6 Å². The second kappa shape index (κ2) is 9.49. The number of amides is 1. The van der Waals surface area contributed by atoms with Crippen molar-refractivity contribution in [1.29, 1.82) is 0 Å². The molecule has 7 heteroatoms. The molecule has 0 bridgehead atoms. The normalized spacial score (nSPS) is 11.6. The molecule has 2 aromatic rings. The molecule has 7 nitrogen and oxygen atoms in total. The van der Waals surface area contributed by atoms with Gasteiger partial charge in [-0.05, 0) is 48.4 Å². The highest BCUT2D eigenvalue weighted by molar-refractivity contribution is 5.92. The number of rotatable bonds is 9. The largest absolute Gasteiger partial charge is 0.478 e. The number of anilines is 1. The molecule has 2 aromatic carbocycles. The average molecular weight is 370 g/mol. The summed E-state index contributed by atoms with van der Waals surface area (Å²) in [6, 6.07) is 12.5. The van der Waals surface area contributed by atoms with Crippen LogP contribution in [0.15, 0.2) is 48.5 Å². The minimum atomic E-state index is -1.01. The minimum absolute atomic E-state index is 0.0394. The number of carboxylic acid groups (broad SMARTS) is 2. The Labute approximate surface area is 157 Å². The summed E-state index contributed by atoms with van der Waals surface area (Å²) in [7, 11) is 0. The molecular formula is C20H22N2O5. The lowest BCUT2D eigenvalue weighted by atomic mass is 10.1. The molecule has 0 aliphatic heterocycles. The van der Waals surface area contributed by atoms with E-state index in [2.05, 4.69) is 10.6 Å². The van der Waals surface area contributed by atoms with E-state index < -0.39 is 11.9 Å². The zero-order chi connectivity index (χ0) is 19.8. The van der Waals surface area contributed by atoms with E-state index in [1.165, 1.54) is 12.1 Å². The Kier molecular flexibility index (Phi) is 7.08. The zero-order valence-electron chi connectivity index (χ0n) is 14.9. The van der Waals surface area contributed by atoms with E-state index in [1.54, 1.807) is 36.4 Å². The monoisotopic (exact) mass is 370 g/mol.